The smallest absolute Gasteiger partial charge is 0.332 e. The number of hydrogen-bond donors (Lipinski definition) is 0. The van der Waals surface area contributed by atoms with E-state index in [2.05, 4.69) is 31.2 Å². The summed E-state index contributed by atoms with van der Waals surface area (Å²) < 4.78 is 16.9. The molecule has 182 valence electrons. The lowest BCUT2D eigenvalue weighted by molar-refractivity contribution is -0.230. The molecule has 3 aliphatic carbocycles. The van der Waals surface area contributed by atoms with Gasteiger partial charge in [-0.1, -0.05) is 69.4 Å². The topological polar surface area (TPSA) is 44.8 Å². The predicted octanol–water partition coefficient (Wildman–Crippen LogP) is 7.17. The van der Waals surface area contributed by atoms with Gasteiger partial charge in [0.2, 0.25) is 6.29 Å². The highest BCUT2D eigenvalue weighted by Crippen LogP contribution is 2.59. The summed E-state index contributed by atoms with van der Waals surface area (Å²) in [5.74, 6) is -0.395. The van der Waals surface area contributed by atoms with Crippen LogP contribution in [0.15, 0.2) is 36.4 Å². The number of allylic oxidation sites excluding steroid dienone is 1. The number of hydrogen-bond acceptors (Lipinski definition) is 4. The average molecular weight is 455 g/mol. The molecule has 1 aliphatic heterocycles. The minimum Gasteiger partial charge on any atom is -0.430 e. The van der Waals surface area contributed by atoms with E-state index in [4.69, 9.17) is 14.2 Å². The van der Waals surface area contributed by atoms with Crippen LogP contribution in [0.4, 0.5) is 0 Å². The molecule has 4 fully saturated rings. The van der Waals surface area contributed by atoms with Gasteiger partial charge in [-0.15, -0.1) is 0 Å². The highest BCUT2D eigenvalue weighted by Gasteiger charge is 2.48. The molecule has 2 atom stereocenters. The normalized spacial score (nSPS) is 31.7. The first kappa shape index (κ1) is 24.5. The maximum atomic E-state index is 11.6. The molecule has 1 aromatic rings. The van der Waals surface area contributed by atoms with E-state index in [1.54, 1.807) is 13.0 Å². The molecule has 1 aromatic carbocycles. The van der Waals surface area contributed by atoms with Gasteiger partial charge in [-0.25, -0.2) is 4.79 Å². The number of fused-ring (bicyclic) bond motifs is 3. The van der Waals surface area contributed by atoms with E-state index in [0.29, 0.717) is 17.4 Å². The molecule has 0 amide bonds. The van der Waals surface area contributed by atoms with Crippen molar-refractivity contribution in [1.82, 2.24) is 0 Å². The van der Waals surface area contributed by atoms with E-state index in [1.807, 2.05) is 0 Å². The molecule has 1 saturated heterocycles. The molecular formula is C29H42O4. The maximum absolute atomic E-state index is 11.6. The number of carbonyl (C=O) groups excluding carboxylic acids is 1. The average Bonchev–Trinajstić information content (AvgIpc) is 2.86. The Balaban J connectivity index is 1.27. The van der Waals surface area contributed by atoms with Gasteiger partial charge in [-0.05, 0) is 73.8 Å². The van der Waals surface area contributed by atoms with E-state index in [-0.39, 0.29) is 12.7 Å². The zero-order valence-electron chi connectivity index (χ0n) is 20.7. The molecular weight excluding hydrogens is 412 g/mol. The predicted molar refractivity (Wildman–Crippen MR) is 131 cm³/mol. The van der Waals surface area contributed by atoms with Gasteiger partial charge in [0.05, 0.1) is 6.61 Å². The van der Waals surface area contributed by atoms with Crippen molar-refractivity contribution in [3.8, 4) is 0 Å². The lowest BCUT2D eigenvalue weighted by Gasteiger charge is -2.54. The highest BCUT2D eigenvalue weighted by molar-refractivity contribution is 5.81. The first-order valence-corrected chi connectivity index (χ1v) is 13.3. The molecule has 0 N–H and O–H groups in total. The van der Waals surface area contributed by atoms with Crippen LogP contribution < -0.4 is 0 Å². The minimum atomic E-state index is -0.625. The van der Waals surface area contributed by atoms with Crippen molar-refractivity contribution < 1.29 is 19.0 Å². The number of ether oxygens (including phenoxy) is 3. The fraction of sp³-hybridized carbons (Fsp3) is 0.690. The van der Waals surface area contributed by atoms with Gasteiger partial charge in [0, 0.05) is 6.08 Å². The zero-order valence-corrected chi connectivity index (χ0v) is 20.7. The van der Waals surface area contributed by atoms with Crippen molar-refractivity contribution in [2.45, 2.75) is 109 Å². The summed E-state index contributed by atoms with van der Waals surface area (Å²) in [6.07, 6.45) is 19.1. The second kappa shape index (κ2) is 11.2. The molecule has 0 aromatic heterocycles. The van der Waals surface area contributed by atoms with Gasteiger partial charge in [0.1, 0.15) is 12.7 Å². The molecule has 0 radical (unpaired) electrons. The standard InChI is InChI=1S/C29H42O4/c1-3-5-6-7-8-14-28-15-18-29(19-16-28,20-17-28)24-12-10-23(11-13-24)25-21-32-27(22-31-25)33-26(30)9-4-2/h4,9-13,25,27H,3,5-8,14-22H2,1-2H3/b9-4+/t25-,27-,28?,29?/m1/s1. The van der Waals surface area contributed by atoms with Gasteiger partial charge < -0.3 is 14.2 Å². The Labute approximate surface area is 200 Å². The molecule has 1 heterocycles. The molecule has 0 spiro atoms. The van der Waals surface area contributed by atoms with Crippen LogP contribution in [-0.2, 0) is 24.4 Å². The van der Waals surface area contributed by atoms with E-state index in [1.165, 1.54) is 88.7 Å². The third kappa shape index (κ3) is 5.89. The lowest BCUT2D eigenvalue weighted by atomic mass is 9.51. The van der Waals surface area contributed by atoms with E-state index in [9.17, 15) is 4.79 Å². The van der Waals surface area contributed by atoms with Crippen molar-refractivity contribution in [3.05, 3.63) is 47.5 Å². The summed E-state index contributed by atoms with van der Waals surface area (Å²) in [5.41, 5.74) is 3.69. The van der Waals surface area contributed by atoms with Gasteiger partial charge in [0.15, 0.2) is 0 Å². The Hall–Kier alpha value is -1.65. The number of carbonyl (C=O) groups is 1. The van der Waals surface area contributed by atoms with Crippen molar-refractivity contribution in [2.24, 2.45) is 5.41 Å². The zero-order chi connectivity index (χ0) is 23.2. The molecule has 4 heteroatoms. The number of esters is 1. The van der Waals surface area contributed by atoms with Gasteiger partial charge in [0.25, 0.3) is 0 Å². The second-order valence-corrected chi connectivity index (χ2v) is 10.6. The van der Waals surface area contributed by atoms with Gasteiger partial charge in [-0.2, -0.15) is 0 Å². The molecule has 3 saturated carbocycles. The van der Waals surface area contributed by atoms with Gasteiger partial charge >= 0.3 is 5.97 Å². The van der Waals surface area contributed by atoms with Crippen LogP contribution in [0.3, 0.4) is 0 Å². The van der Waals surface area contributed by atoms with Crippen molar-refractivity contribution in [1.29, 1.82) is 0 Å². The molecule has 4 nitrogen and oxygen atoms in total. The van der Waals surface area contributed by atoms with Crippen LogP contribution in [0.2, 0.25) is 0 Å². The Bertz CT molecular complexity index is 764. The number of unbranched alkanes of at least 4 members (excludes halogenated alkanes) is 4. The van der Waals surface area contributed by atoms with Crippen LogP contribution in [0.5, 0.6) is 0 Å². The summed E-state index contributed by atoms with van der Waals surface area (Å²) >= 11 is 0. The molecule has 5 rings (SSSR count). The highest BCUT2D eigenvalue weighted by atomic mass is 16.7. The third-order valence-corrected chi connectivity index (χ3v) is 8.52. The van der Waals surface area contributed by atoms with Gasteiger partial charge in [-0.3, -0.25) is 0 Å². The Morgan fingerprint density at radius 2 is 1.67 bits per heavy atom. The first-order valence-electron chi connectivity index (χ1n) is 13.3. The third-order valence-electron chi connectivity index (χ3n) is 8.52. The monoisotopic (exact) mass is 454 g/mol. The Kier molecular flexibility index (Phi) is 8.29. The van der Waals surface area contributed by atoms with E-state index in [0.717, 1.165) is 5.56 Å². The van der Waals surface area contributed by atoms with E-state index >= 15 is 0 Å². The van der Waals surface area contributed by atoms with Crippen LogP contribution in [0.25, 0.3) is 0 Å². The van der Waals surface area contributed by atoms with E-state index < -0.39 is 12.3 Å². The fourth-order valence-electron chi connectivity index (χ4n) is 6.28. The molecule has 0 unspecified atom stereocenters. The summed E-state index contributed by atoms with van der Waals surface area (Å²) in [6, 6.07) is 9.10. The van der Waals surface area contributed by atoms with Crippen LogP contribution in [0, 0.1) is 5.41 Å². The van der Waals surface area contributed by atoms with Crippen molar-refractivity contribution in [2.75, 3.05) is 13.2 Å². The number of rotatable bonds is 10. The SMILES string of the molecule is C/C=C/C(=O)O[C@@H]1CO[C@@H](c2ccc(C34CCC(CCCCCCC)(CC3)CC4)cc2)CO1. The summed E-state index contributed by atoms with van der Waals surface area (Å²) in [6.45, 7) is 4.74. The minimum absolute atomic E-state index is 0.105. The largest absolute Gasteiger partial charge is 0.430 e. The van der Waals surface area contributed by atoms with Crippen molar-refractivity contribution >= 4 is 5.97 Å². The molecule has 33 heavy (non-hydrogen) atoms. The van der Waals surface area contributed by atoms with Crippen LogP contribution in [-0.4, -0.2) is 25.5 Å². The quantitative estimate of drug-likeness (QED) is 0.213. The first-order chi connectivity index (χ1) is 16.1. The Morgan fingerprint density at radius 3 is 2.27 bits per heavy atom. The summed E-state index contributed by atoms with van der Waals surface area (Å²) in [5, 5.41) is 0. The van der Waals surface area contributed by atoms with Crippen LogP contribution in [0.1, 0.15) is 108 Å². The second-order valence-electron chi connectivity index (χ2n) is 10.6. The summed E-state index contributed by atoms with van der Waals surface area (Å²) in [4.78, 5) is 11.6. The maximum Gasteiger partial charge on any atom is 0.332 e. The molecule has 4 aliphatic rings. The van der Waals surface area contributed by atoms with Crippen molar-refractivity contribution in [3.63, 3.8) is 0 Å². The Morgan fingerprint density at radius 1 is 0.970 bits per heavy atom. The van der Waals surface area contributed by atoms with Crippen LogP contribution >= 0.6 is 0 Å². The fourth-order valence-corrected chi connectivity index (χ4v) is 6.28. The number of benzene rings is 1. The summed E-state index contributed by atoms with van der Waals surface area (Å²) in [7, 11) is 0. The lowest BCUT2D eigenvalue weighted by Crippen LogP contribution is -2.44. The molecule has 2 bridgehead atoms.